The predicted octanol–water partition coefficient (Wildman–Crippen LogP) is 4.85. The highest BCUT2D eigenvalue weighted by Gasteiger charge is 2.24. The largest absolute Gasteiger partial charge is 0.301 e. The van der Waals surface area contributed by atoms with Crippen LogP contribution in [-0.2, 0) is 6.42 Å². The predicted molar refractivity (Wildman–Crippen MR) is 91.1 cm³/mol. The van der Waals surface area contributed by atoms with Crippen LogP contribution in [0.4, 0.5) is 0 Å². The average molecular weight is 404 g/mol. The van der Waals surface area contributed by atoms with Gasteiger partial charge < -0.3 is 5.32 Å². The molecule has 2 aromatic rings. The first-order chi connectivity index (χ1) is 9.13. The molecule has 2 nitrogen and oxygen atoms in total. The van der Waals surface area contributed by atoms with Gasteiger partial charge in [0.2, 0.25) is 0 Å². The summed E-state index contributed by atoms with van der Waals surface area (Å²) in [5, 5.41) is 7.10. The minimum Gasteiger partial charge on any atom is -0.301 e. The van der Waals surface area contributed by atoms with Gasteiger partial charge in [0.1, 0.15) is 5.01 Å². The summed E-state index contributed by atoms with van der Waals surface area (Å²) in [4.78, 5) is 6.17. The van der Waals surface area contributed by atoms with E-state index in [9.17, 15) is 0 Å². The molecule has 2 unspecified atom stereocenters. The fourth-order valence-electron chi connectivity index (χ4n) is 2.64. The second kappa shape index (κ2) is 5.79. The van der Waals surface area contributed by atoms with Crippen LogP contribution in [0, 0.1) is 9.81 Å². The minimum absolute atomic E-state index is 0.340. The molecule has 5 heteroatoms. The Hall–Kier alpha value is 0.0200. The zero-order valence-electron chi connectivity index (χ0n) is 11.1. The molecule has 102 valence electrons. The van der Waals surface area contributed by atoms with Crippen LogP contribution in [0.25, 0.3) is 0 Å². The summed E-state index contributed by atoms with van der Waals surface area (Å²) in [7, 11) is 0. The van der Waals surface area contributed by atoms with Crippen LogP contribution in [0.2, 0.25) is 0 Å². The van der Waals surface area contributed by atoms with Crippen LogP contribution >= 0.6 is 45.3 Å². The van der Waals surface area contributed by atoms with Crippen molar-refractivity contribution in [3.63, 3.8) is 0 Å². The Balaban J connectivity index is 1.77. The third kappa shape index (κ3) is 3.04. The maximum Gasteiger partial charge on any atom is 0.110 e. The number of fused-ring (bicyclic) bond motifs is 1. The molecular formula is C14H17IN2S2. The summed E-state index contributed by atoms with van der Waals surface area (Å²) >= 11 is 6.15. The SMILES string of the molecule is Cc1csc(C(C)NC2CCCc3sc(I)cc32)n1. The molecular weight excluding hydrogens is 387 g/mol. The van der Waals surface area contributed by atoms with Gasteiger partial charge in [-0.2, -0.15) is 0 Å². The molecule has 19 heavy (non-hydrogen) atoms. The van der Waals surface area contributed by atoms with Gasteiger partial charge in [0, 0.05) is 22.0 Å². The van der Waals surface area contributed by atoms with Crippen molar-refractivity contribution in [3.8, 4) is 0 Å². The molecule has 0 spiro atoms. The lowest BCUT2D eigenvalue weighted by Gasteiger charge is -2.26. The zero-order valence-corrected chi connectivity index (χ0v) is 14.9. The van der Waals surface area contributed by atoms with E-state index in [4.69, 9.17) is 0 Å². The molecule has 0 amide bonds. The molecule has 3 rings (SSSR count). The molecule has 0 fully saturated rings. The fraction of sp³-hybridized carbons (Fsp3) is 0.500. The Labute approximate surface area is 135 Å². The van der Waals surface area contributed by atoms with Crippen molar-refractivity contribution in [3.05, 3.63) is 35.5 Å². The molecule has 2 aromatic heterocycles. The first kappa shape index (κ1) is 14.0. The highest BCUT2D eigenvalue weighted by atomic mass is 127. The average Bonchev–Trinajstić information content (AvgIpc) is 2.95. The van der Waals surface area contributed by atoms with Gasteiger partial charge >= 0.3 is 0 Å². The molecule has 1 aliphatic rings. The number of thiophene rings is 1. The van der Waals surface area contributed by atoms with Crippen molar-refractivity contribution in [2.45, 2.75) is 45.2 Å². The molecule has 0 saturated carbocycles. The lowest BCUT2D eigenvalue weighted by molar-refractivity contribution is 0.417. The van der Waals surface area contributed by atoms with Gasteiger partial charge in [-0.05, 0) is 67.3 Å². The van der Waals surface area contributed by atoms with Gasteiger partial charge in [0.25, 0.3) is 0 Å². The Bertz CT molecular complexity index is 576. The Morgan fingerprint density at radius 3 is 3.11 bits per heavy atom. The summed E-state index contributed by atoms with van der Waals surface area (Å²) in [5.41, 5.74) is 2.66. The smallest absolute Gasteiger partial charge is 0.110 e. The molecule has 0 bridgehead atoms. The Kier molecular flexibility index (Phi) is 4.26. The first-order valence-corrected chi connectivity index (χ1v) is 9.37. The summed E-state index contributed by atoms with van der Waals surface area (Å²) in [6.45, 7) is 4.29. The number of rotatable bonds is 3. The number of hydrogen-bond acceptors (Lipinski definition) is 4. The second-order valence-electron chi connectivity index (χ2n) is 5.09. The number of nitrogens with one attached hydrogen (secondary N) is 1. The Morgan fingerprint density at radius 1 is 1.53 bits per heavy atom. The van der Waals surface area contributed by atoms with E-state index in [1.54, 1.807) is 16.2 Å². The number of aryl methyl sites for hydroxylation is 2. The van der Waals surface area contributed by atoms with E-state index in [0.717, 1.165) is 5.69 Å². The number of nitrogens with zero attached hydrogens (tertiary/aromatic N) is 1. The van der Waals surface area contributed by atoms with Crippen molar-refractivity contribution in [2.75, 3.05) is 0 Å². The summed E-state index contributed by atoms with van der Waals surface area (Å²) < 4.78 is 1.41. The van der Waals surface area contributed by atoms with Gasteiger partial charge in [-0.3, -0.25) is 0 Å². The summed E-state index contributed by atoms with van der Waals surface area (Å²) in [6.07, 6.45) is 3.80. The zero-order chi connectivity index (χ0) is 13.4. The third-order valence-electron chi connectivity index (χ3n) is 3.54. The number of aromatic nitrogens is 1. The number of thiazole rings is 1. The topological polar surface area (TPSA) is 24.9 Å². The van der Waals surface area contributed by atoms with Crippen LogP contribution in [0.15, 0.2) is 11.4 Å². The molecule has 0 aromatic carbocycles. The maximum absolute atomic E-state index is 4.59. The van der Waals surface area contributed by atoms with Gasteiger partial charge in [-0.1, -0.05) is 0 Å². The van der Waals surface area contributed by atoms with Gasteiger partial charge in [-0.15, -0.1) is 22.7 Å². The minimum atomic E-state index is 0.340. The van der Waals surface area contributed by atoms with Crippen LogP contribution < -0.4 is 5.32 Å². The van der Waals surface area contributed by atoms with E-state index in [-0.39, 0.29) is 0 Å². The molecule has 1 aliphatic carbocycles. The molecule has 2 atom stereocenters. The van der Waals surface area contributed by atoms with Crippen LogP contribution in [0.5, 0.6) is 0 Å². The van der Waals surface area contributed by atoms with E-state index in [1.807, 2.05) is 11.3 Å². The Morgan fingerprint density at radius 2 is 2.37 bits per heavy atom. The molecule has 1 N–H and O–H groups in total. The standard InChI is InChI=1S/C14H17IN2S2/c1-8-7-18-14(16-8)9(2)17-11-4-3-5-12-10(11)6-13(15)19-12/h6-7,9,11,17H,3-5H2,1-2H3. The summed E-state index contributed by atoms with van der Waals surface area (Å²) in [5.74, 6) is 0. The highest BCUT2D eigenvalue weighted by Crippen LogP contribution is 2.37. The van der Waals surface area contributed by atoms with E-state index >= 15 is 0 Å². The third-order valence-corrected chi connectivity index (χ3v) is 6.66. The molecule has 0 radical (unpaired) electrons. The van der Waals surface area contributed by atoms with Crippen LogP contribution in [0.3, 0.4) is 0 Å². The van der Waals surface area contributed by atoms with Gasteiger partial charge in [0.05, 0.1) is 8.93 Å². The lowest BCUT2D eigenvalue weighted by Crippen LogP contribution is -2.27. The van der Waals surface area contributed by atoms with Crippen LogP contribution in [-0.4, -0.2) is 4.98 Å². The second-order valence-corrected chi connectivity index (χ2v) is 9.01. The quantitative estimate of drug-likeness (QED) is 0.741. The van der Waals surface area contributed by atoms with Crippen LogP contribution in [0.1, 0.15) is 53.0 Å². The maximum atomic E-state index is 4.59. The molecule has 0 saturated heterocycles. The van der Waals surface area contributed by atoms with Crippen molar-refractivity contribution in [2.24, 2.45) is 0 Å². The molecule has 2 heterocycles. The summed E-state index contributed by atoms with van der Waals surface area (Å²) in [6, 6.07) is 3.20. The monoisotopic (exact) mass is 404 g/mol. The van der Waals surface area contributed by atoms with Crippen molar-refractivity contribution in [1.82, 2.24) is 10.3 Å². The number of halogens is 1. The normalized spacial score (nSPS) is 20.3. The van der Waals surface area contributed by atoms with E-state index in [0.29, 0.717) is 12.1 Å². The van der Waals surface area contributed by atoms with E-state index in [2.05, 4.69) is 58.2 Å². The van der Waals surface area contributed by atoms with E-state index < -0.39 is 0 Å². The number of hydrogen-bond donors (Lipinski definition) is 1. The highest BCUT2D eigenvalue weighted by molar-refractivity contribution is 14.1. The van der Waals surface area contributed by atoms with Crippen molar-refractivity contribution in [1.29, 1.82) is 0 Å². The van der Waals surface area contributed by atoms with Gasteiger partial charge in [0.15, 0.2) is 0 Å². The first-order valence-electron chi connectivity index (χ1n) is 6.59. The lowest BCUT2D eigenvalue weighted by atomic mass is 9.93. The van der Waals surface area contributed by atoms with E-state index in [1.165, 1.54) is 32.7 Å². The van der Waals surface area contributed by atoms with Gasteiger partial charge in [-0.25, -0.2) is 4.98 Å². The van der Waals surface area contributed by atoms with Crippen molar-refractivity contribution < 1.29 is 0 Å². The van der Waals surface area contributed by atoms with Crippen molar-refractivity contribution >= 4 is 45.3 Å². The molecule has 0 aliphatic heterocycles. The fourth-order valence-corrected chi connectivity index (χ4v) is 5.57.